The summed E-state index contributed by atoms with van der Waals surface area (Å²) in [5.41, 5.74) is 1.61. The van der Waals surface area contributed by atoms with Gasteiger partial charge in [0.1, 0.15) is 0 Å². The Morgan fingerprint density at radius 1 is 1.05 bits per heavy atom. The minimum absolute atomic E-state index is 0.300. The van der Waals surface area contributed by atoms with E-state index in [1.165, 1.54) is 0 Å². The zero-order valence-electron chi connectivity index (χ0n) is 14.3. The number of rotatable bonds is 2. The van der Waals surface area contributed by atoms with Crippen LogP contribution in [0.15, 0.2) is 18.2 Å². The average Bonchev–Trinajstić information content (AvgIpc) is 2.68. The van der Waals surface area contributed by atoms with Gasteiger partial charge in [0.25, 0.3) is 0 Å². The maximum atomic E-state index is 6.15. The van der Waals surface area contributed by atoms with Crippen LogP contribution in [0.2, 0.25) is 0 Å². The van der Waals surface area contributed by atoms with Crippen molar-refractivity contribution in [2.45, 2.75) is 38.9 Å². The number of hydrogen-bond acceptors (Lipinski definition) is 4. The Morgan fingerprint density at radius 2 is 1.64 bits per heavy atom. The van der Waals surface area contributed by atoms with Crippen LogP contribution in [0.4, 0.5) is 5.69 Å². The summed E-state index contributed by atoms with van der Waals surface area (Å²) in [7, 11) is 1.87. The van der Waals surface area contributed by atoms with E-state index in [1.807, 2.05) is 12.1 Å². The zero-order valence-corrected chi connectivity index (χ0v) is 14.3. The van der Waals surface area contributed by atoms with Crippen molar-refractivity contribution in [2.24, 2.45) is 0 Å². The van der Waals surface area contributed by atoms with Crippen molar-refractivity contribution in [3.05, 3.63) is 24.3 Å². The Kier molecular flexibility index (Phi) is 4.00. The molecule has 0 spiro atoms. The zero-order chi connectivity index (χ0) is 16.0. The number of hydrogen-bond donors (Lipinski definition) is 0. The third-order valence-corrected chi connectivity index (χ3v) is 5.18. The first kappa shape index (κ1) is 15.8. The molecule has 0 N–H and O–H groups in total. The highest BCUT2D eigenvalue weighted by Gasteiger charge is 2.51. The molecule has 0 saturated carbocycles. The fourth-order valence-electron chi connectivity index (χ4n) is 2.83. The summed E-state index contributed by atoms with van der Waals surface area (Å²) in [6, 6.07) is 9.54. The molecule has 0 aliphatic carbocycles. The minimum Gasteiger partial charge on any atom is -0.399 e. The maximum Gasteiger partial charge on any atom is 0.494 e. The lowest BCUT2D eigenvalue weighted by Crippen LogP contribution is -2.45. The molecule has 2 fully saturated rings. The number of nitrogens with zero attached hydrogens (tertiary/aromatic N) is 2. The van der Waals surface area contributed by atoms with Crippen molar-refractivity contribution in [1.82, 2.24) is 4.90 Å². The summed E-state index contributed by atoms with van der Waals surface area (Å²) >= 11 is 0. The first-order valence-corrected chi connectivity index (χ1v) is 8.09. The molecule has 1 aromatic rings. The van der Waals surface area contributed by atoms with E-state index < -0.39 is 0 Å². The van der Waals surface area contributed by atoms with E-state index >= 15 is 0 Å². The Labute approximate surface area is 134 Å². The molecule has 0 amide bonds. The average molecular weight is 301 g/mol. The number of anilines is 1. The summed E-state index contributed by atoms with van der Waals surface area (Å²) in [6.45, 7) is 12.6. The second-order valence-electron chi connectivity index (χ2n) is 7.39. The molecular weight excluding hydrogens is 275 g/mol. The van der Waals surface area contributed by atoms with Crippen LogP contribution < -0.4 is 10.4 Å². The topological polar surface area (TPSA) is 24.9 Å². The van der Waals surface area contributed by atoms with Gasteiger partial charge in [0, 0.05) is 37.9 Å². The SMILES string of the molecule is CN1CCN(c2[c]ccc(B3OC(C)(C)C(C)(C)O3)c2)CC1. The van der Waals surface area contributed by atoms with Gasteiger partial charge in [0.2, 0.25) is 0 Å². The molecule has 5 heteroatoms. The van der Waals surface area contributed by atoms with Gasteiger partial charge < -0.3 is 19.1 Å². The van der Waals surface area contributed by atoms with Gasteiger partial charge in [-0.25, -0.2) is 0 Å². The molecule has 1 radical (unpaired) electrons. The van der Waals surface area contributed by atoms with Gasteiger partial charge in [0.15, 0.2) is 0 Å². The van der Waals surface area contributed by atoms with Gasteiger partial charge in [-0.2, -0.15) is 0 Å². The van der Waals surface area contributed by atoms with Crippen LogP contribution in [0.1, 0.15) is 27.7 Å². The summed E-state index contributed by atoms with van der Waals surface area (Å²) in [4.78, 5) is 4.74. The first-order valence-electron chi connectivity index (χ1n) is 8.09. The molecule has 4 nitrogen and oxygen atoms in total. The van der Waals surface area contributed by atoms with Crippen molar-refractivity contribution in [3.63, 3.8) is 0 Å². The molecule has 2 aliphatic heterocycles. The maximum absolute atomic E-state index is 6.15. The molecular formula is C17H26BN2O2. The number of piperazine rings is 1. The van der Waals surface area contributed by atoms with Crippen LogP contribution in [0.3, 0.4) is 0 Å². The Hall–Kier alpha value is -1.04. The molecule has 3 rings (SSSR count). The van der Waals surface area contributed by atoms with Crippen molar-refractivity contribution in [2.75, 3.05) is 38.1 Å². The van der Waals surface area contributed by atoms with Gasteiger partial charge in [-0.05, 0) is 46.3 Å². The molecule has 119 valence electrons. The molecule has 0 unspecified atom stereocenters. The monoisotopic (exact) mass is 301 g/mol. The van der Waals surface area contributed by atoms with E-state index in [-0.39, 0.29) is 18.3 Å². The number of likely N-dealkylation sites (N-methyl/N-ethyl adjacent to an activating group) is 1. The molecule has 2 heterocycles. The number of benzene rings is 1. The predicted octanol–water partition coefficient (Wildman–Crippen LogP) is 1.54. The molecule has 0 bridgehead atoms. The lowest BCUT2D eigenvalue weighted by Gasteiger charge is -2.34. The van der Waals surface area contributed by atoms with Crippen molar-refractivity contribution < 1.29 is 9.31 Å². The van der Waals surface area contributed by atoms with Crippen LogP contribution in [0.25, 0.3) is 0 Å². The molecule has 0 atom stereocenters. The molecule has 0 aromatic heterocycles. The third-order valence-electron chi connectivity index (χ3n) is 5.18. The molecule has 22 heavy (non-hydrogen) atoms. The van der Waals surface area contributed by atoms with Crippen molar-refractivity contribution >= 4 is 18.3 Å². The normalized spacial score (nSPS) is 24.8. The smallest absolute Gasteiger partial charge is 0.399 e. The highest BCUT2D eigenvalue weighted by Crippen LogP contribution is 2.36. The van der Waals surface area contributed by atoms with Crippen LogP contribution in [0, 0.1) is 6.07 Å². The van der Waals surface area contributed by atoms with E-state index in [1.54, 1.807) is 0 Å². The Morgan fingerprint density at radius 3 is 2.23 bits per heavy atom. The van der Waals surface area contributed by atoms with Crippen molar-refractivity contribution in [1.29, 1.82) is 0 Å². The highest BCUT2D eigenvalue weighted by molar-refractivity contribution is 6.62. The van der Waals surface area contributed by atoms with Gasteiger partial charge in [-0.1, -0.05) is 12.1 Å². The Balaban J connectivity index is 1.78. The van der Waals surface area contributed by atoms with Gasteiger partial charge >= 0.3 is 7.12 Å². The van der Waals surface area contributed by atoms with Crippen LogP contribution >= 0.6 is 0 Å². The summed E-state index contributed by atoms with van der Waals surface area (Å²) in [5.74, 6) is 0. The van der Waals surface area contributed by atoms with Gasteiger partial charge in [0.05, 0.1) is 11.2 Å². The summed E-state index contributed by atoms with van der Waals surface area (Å²) in [6.07, 6.45) is 0. The van der Waals surface area contributed by atoms with Crippen LogP contribution in [0.5, 0.6) is 0 Å². The van der Waals surface area contributed by atoms with Gasteiger partial charge in [-0.15, -0.1) is 0 Å². The van der Waals surface area contributed by atoms with Crippen molar-refractivity contribution in [3.8, 4) is 0 Å². The second kappa shape index (κ2) is 5.55. The standard InChI is InChI=1S/C17H26BN2O2/c1-16(2)17(3,4)22-18(21-16)14-7-6-8-15(13-14)20-11-9-19(5)10-12-20/h6-7,13H,9-12H2,1-5H3. The van der Waals surface area contributed by atoms with E-state index in [4.69, 9.17) is 9.31 Å². The van der Waals surface area contributed by atoms with Crippen LogP contribution in [-0.4, -0.2) is 56.4 Å². The second-order valence-corrected chi connectivity index (χ2v) is 7.39. The summed E-state index contributed by atoms with van der Waals surface area (Å²) < 4.78 is 12.3. The third kappa shape index (κ3) is 2.90. The van der Waals surface area contributed by atoms with E-state index in [9.17, 15) is 0 Å². The van der Waals surface area contributed by atoms with E-state index in [0.717, 1.165) is 37.3 Å². The van der Waals surface area contributed by atoms with Gasteiger partial charge in [-0.3, -0.25) is 0 Å². The predicted molar refractivity (Wildman–Crippen MR) is 90.7 cm³/mol. The van der Waals surface area contributed by atoms with E-state index in [2.05, 4.69) is 56.7 Å². The summed E-state index contributed by atoms with van der Waals surface area (Å²) in [5, 5.41) is 0. The minimum atomic E-state index is -0.300. The molecule has 2 aliphatic rings. The molecule has 1 aromatic carbocycles. The lowest BCUT2D eigenvalue weighted by molar-refractivity contribution is 0.00578. The highest BCUT2D eigenvalue weighted by atomic mass is 16.7. The molecule has 2 saturated heterocycles. The largest absolute Gasteiger partial charge is 0.494 e. The first-order chi connectivity index (χ1) is 10.3. The fraction of sp³-hybridized carbons (Fsp3) is 0.647. The Bertz CT molecular complexity index is 523. The fourth-order valence-corrected chi connectivity index (χ4v) is 2.83. The lowest BCUT2D eigenvalue weighted by atomic mass is 9.79. The van der Waals surface area contributed by atoms with Crippen LogP contribution in [-0.2, 0) is 9.31 Å². The van der Waals surface area contributed by atoms with E-state index in [0.29, 0.717) is 0 Å². The quantitative estimate of drug-likeness (QED) is 0.774.